The van der Waals surface area contributed by atoms with Crippen LogP contribution in [-0.2, 0) is 6.54 Å². The van der Waals surface area contributed by atoms with Crippen molar-refractivity contribution in [1.29, 1.82) is 0 Å². The Kier molecular flexibility index (Phi) is 4.43. The summed E-state index contributed by atoms with van der Waals surface area (Å²) in [5, 5.41) is 11.8. The second-order valence-corrected chi connectivity index (χ2v) is 6.57. The van der Waals surface area contributed by atoms with Crippen molar-refractivity contribution in [3.63, 3.8) is 0 Å². The van der Waals surface area contributed by atoms with Crippen LogP contribution < -0.4 is 5.32 Å². The molecule has 0 saturated carbocycles. The lowest BCUT2D eigenvalue weighted by molar-refractivity contribution is 0.199. The Hall–Kier alpha value is -3.09. The van der Waals surface area contributed by atoms with Crippen molar-refractivity contribution in [2.45, 2.75) is 32.4 Å². The van der Waals surface area contributed by atoms with E-state index < -0.39 is 0 Å². The third-order valence-electron chi connectivity index (χ3n) is 4.66. The normalized spacial score (nSPS) is 16.8. The number of nitrogens with zero attached hydrogens (tertiary/aromatic N) is 5. The van der Waals surface area contributed by atoms with Crippen LogP contribution in [-0.4, -0.2) is 43.1 Å². The highest BCUT2D eigenvalue weighted by Gasteiger charge is 2.29. The number of hydrogen-bond donors (Lipinski definition) is 1. The first-order valence-corrected chi connectivity index (χ1v) is 8.88. The van der Waals surface area contributed by atoms with E-state index >= 15 is 0 Å². The van der Waals surface area contributed by atoms with Gasteiger partial charge in [-0.05, 0) is 38.0 Å². The lowest BCUT2D eigenvalue weighted by Gasteiger charge is -2.25. The molecule has 7 nitrogen and oxygen atoms in total. The van der Waals surface area contributed by atoms with Gasteiger partial charge in [-0.25, -0.2) is 9.48 Å². The fraction of sp³-hybridized carbons (Fsp3) is 0.316. The third kappa shape index (κ3) is 3.33. The molecule has 134 valence electrons. The fourth-order valence-corrected chi connectivity index (χ4v) is 3.45. The molecule has 7 heteroatoms. The Labute approximate surface area is 152 Å². The molecule has 1 aliphatic rings. The predicted molar refractivity (Wildman–Crippen MR) is 99.3 cm³/mol. The number of carbonyl (C=O) groups is 1. The molecule has 1 saturated heterocycles. The maximum absolute atomic E-state index is 12.9. The molecule has 4 rings (SSSR count). The topological polar surface area (TPSA) is 68.0 Å². The summed E-state index contributed by atoms with van der Waals surface area (Å²) < 4.78 is 3.65. The molecule has 1 aromatic carbocycles. The van der Waals surface area contributed by atoms with Crippen molar-refractivity contribution < 1.29 is 4.79 Å². The Morgan fingerprint density at radius 3 is 2.88 bits per heavy atom. The zero-order valence-corrected chi connectivity index (χ0v) is 14.7. The molecule has 1 unspecified atom stereocenters. The molecule has 0 bridgehead atoms. The molecule has 3 heterocycles. The molecule has 0 radical (unpaired) electrons. The fourth-order valence-electron chi connectivity index (χ4n) is 3.45. The quantitative estimate of drug-likeness (QED) is 0.786. The van der Waals surface area contributed by atoms with Crippen molar-refractivity contribution in [2.75, 3.05) is 11.9 Å². The number of anilines is 1. The number of likely N-dealkylation sites (tertiary alicyclic amines) is 1. The second kappa shape index (κ2) is 7.03. The number of amides is 2. The zero-order valence-electron chi connectivity index (χ0n) is 14.7. The number of urea groups is 1. The van der Waals surface area contributed by atoms with Crippen LogP contribution in [0.2, 0.25) is 0 Å². The molecule has 0 aliphatic carbocycles. The second-order valence-electron chi connectivity index (χ2n) is 6.57. The molecule has 3 aromatic rings. The van der Waals surface area contributed by atoms with Gasteiger partial charge in [-0.2, -0.15) is 10.2 Å². The van der Waals surface area contributed by atoms with Crippen LogP contribution in [0, 0.1) is 6.92 Å². The Balaban J connectivity index is 1.51. The first-order chi connectivity index (χ1) is 12.7. The van der Waals surface area contributed by atoms with E-state index in [1.54, 1.807) is 10.9 Å². The van der Waals surface area contributed by atoms with Gasteiger partial charge in [-0.1, -0.05) is 18.2 Å². The minimum absolute atomic E-state index is 0.0864. The summed E-state index contributed by atoms with van der Waals surface area (Å²) in [5.74, 6) is 0.684. The summed E-state index contributed by atoms with van der Waals surface area (Å²) in [6.45, 7) is 3.40. The standard InChI is InChI=1S/C19H22N6O/c1-15-13-18(25(22-15)16-7-3-2-4-8-16)21-19(26)24-12-5-9-17(24)14-23-11-6-10-20-23/h2-4,6-8,10-11,13,17H,5,9,12,14H2,1H3,(H,21,26). The number of para-hydroxylation sites is 1. The summed E-state index contributed by atoms with van der Waals surface area (Å²) in [5.41, 5.74) is 1.78. The van der Waals surface area contributed by atoms with Crippen LogP contribution >= 0.6 is 0 Å². The summed E-state index contributed by atoms with van der Waals surface area (Å²) >= 11 is 0. The van der Waals surface area contributed by atoms with Crippen molar-refractivity contribution in [3.05, 3.63) is 60.6 Å². The van der Waals surface area contributed by atoms with E-state index in [1.807, 2.05) is 65.2 Å². The summed E-state index contributed by atoms with van der Waals surface area (Å²) in [6, 6.07) is 13.7. The van der Waals surface area contributed by atoms with E-state index in [1.165, 1.54) is 0 Å². The average molecular weight is 350 g/mol. The monoisotopic (exact) mass is 350 g/mol. The highest BCUT2D eigenvalue weighted by atomic mass is 16.2. The highest BCUT2D eigenvalue weighted by molar-refractivity contribution is 5.89. The van der Waals surface area contributed by atoms with Gasteiger partial charge < -0.3 is 4.90 Å². The van der Waals surface area contributed by atoms with Gasteiger partial charge >= 0.3 is 6.03 Å². The number of hydrogen-bond acceptors (Lipinski definition) is 3. The SMILES string of the molecule is Cc1cc(NC(=O)N2CCCC2Cn2cccn2)n(-c2ccccc2)n1. The van der Waals surface area contributed by atoms with Crippen LogP contribution in [0.4, 0.5) is 10.6 Å². The highest BCUT2D eigenvalue weighted by Crippen LogP contribution is 2.22. The van der Waals surface area contributed by atoms with Gasteiger partial charge in [0.15, 0.2) is 0 Å². The van der Waals surface area contributed by atoms with Crippen LogP contribution in [0.5, 0.6) is 0 Å². The Morgan fingerprint density at radius 2 is 2.12 bits per heavy atom. The molecule has 2 aromatic heterocycles. The number of nitrogens with one attached hydrogen (secondary N) is 1. The van der Waals surface area contributed by atoms with Gasteiger partial charge in [0, 0.05) is 25.0 Å². The molecule has 1 fully saturated rings. The van der Waals surface area contributed by atoms with Gasteiger partial charge in [0.05, 0.1) is 24.0 Å². The molecule has 26 heavy (non-hydrogen) atoms. The van der Waals surface area contributed by atoms with Crippen LogP contribution in [0.3, 0.4) is 0 Å². The molecule has 0 spiro atoms. The van der Waals surface area contributed by atoms with Crippen molar-refractivity contribution in [1.82, 2.24) is 24.5 Å². The van der Waals surface area contributed by atoms with Crippen molar-refractivity contribution in [2.24, 2.45) is 0 Å². The van der Waals surface area contributed by atoms with Gasteiger partial charge in [-0.15, -0.1) is 0 Å². The summed E-state index contributed by atoms with van der Waals surface area (Å²) in [7, 11) is 0. The number of aryl methyl sites for hydroxylation is 1. The molecule has 1 atom stereocenters. The van der Waals surface area contributed by atoms with Gasteiger partial charge in [0.2, 0.25) is 0 Å². The number of aromatic nitrogens is 4. The molecular weight excluding hydrogens is 328 g/mol. The average Bonchev–Trinajstić information content (AvgIpc) is 3.38. The third-order valence-corrected chi connectivity index (χ3v) is 4.66. The molecule has 1 aliphatic heterocycles. The largest absolute Gasteiger partial charge is 0.323 e. The zero-order chi connectivity index (χ0) is 17.9. The lowest BCUT2D eigenvalue weighted by atomic mass is 10.2. The van der Waals surface area contributed by atoms with Crippen molar-refractivity contribution in [3.8, 4) is 5.69 Å². The van der Waals surface area contributed by atoms with E-state index in [2.05, 4.69) is 15.5 Å². The number of carbonyl (C=O) groups excluding carboxylic acids is 1. The minimum Gasteiger partial charge on any atom is -0.320 e. The maximum atomic E-state index is 12.9. The summed E-state index contributed by atoms with van der Waals surface area (Å²) in [4.78, 5) is 14.8. The number of benzene rings is 1. The Bertz CT molecular complexity index is 871. The van der Waals surface area contributed by atoms with Gasteiger partial charge in [-0.3, -0.25) is 10.00 Å². The van der Waals surface area contributed by atoms with Gasteiger partial charge in [0.25, 0.3) is 0 Å². The number of rotatable bonds is 4. The minimum atomic E-state index is -0.0864. The molecule has 1 N–H and O–H groups in total. The van der Waals surface area contributed by atoms with Crippen LogP contribution in [0.1, 0.15) is 18.5 Å². The smallest absolute Gasteiger partial charge is 0.320 e. The van der Waals surface area contributed by atoms with E-state index in [0.29, 0.717) is 5.82 Å². The van der Waals surface area contributed by atoms with E-state index in [9.17, 15) is 4.79 Å². The van der Waals surface area contributed by atoms with E-state index in [-0.39, 0.29) is 12.1 Å². The lowest BCUT2D eigenvalue weighted by Crippen LogP contribution is -2.41. The van der Waals surface area contributed by atoms with Crippen LogP contribution in [0.25, 0.3) is 5.69 Å². The van der Waals surface area contributed by atoms with E-state index in [4.69, 9.17) is 0 Å². The van der Waals surface area contributed by atoms with Crippen molar-refractivity contribution >= 4 is 11.8 Å². The predicted octanol–water partition coefficient (Wildman–Crippen LogP) is 3.07. The maximum Gasteiger partial charge on any atom is 0.323 e. The molecule has 2 amide bonds. The van der Waals surface area contributed by atoms with Crippen LogP contribution in [0.15, 0.2) is 54.9 Å². The Morgan fingerprint density at radius 1 is 1.27 bits per heavy atom. The first kappa shape index (κ1) is 16.4. The summed E-state index contributed by atoms with van der Waals surface area (Å²) in [6.07, 6.45) is 5.70. The molecular formula is C19H22N6O. The first-order valence-electron chi connectivity index (χ1n) is 8.88. The van der Waals surface area contributed by atoms with E-state index in [0.717, 1.165) is 37.3 Å². The van der Waals surface area contributed by atoms with Gasteiger partial charge in [0.1, 0.15) is 5.82 Å².